The second-order valence-corrected chi connectivity index (χ2v) is 6.49. The second-order valence-electron chi connectivity index (χ2n) is 6.49. The second kappa shape index (κ2) is 5.69. The number of aromatic amines is 1. The Labute approximate surface area is 136 Å². The average Bonchev–Trinajstić information content (AvgIpc) is 3.17. The Morgan fingerprint density at radius 3 is 2.52 bits per heavy atom. The average molecular weight is 306 g/mol. The maximum Gasteiger partial charge on any atom is 0.163 e. The van der Waals surface area contributed by atoms with Gasteiger partial charge in [-0.1, -0.05) is 43.2 Å². The SMILES string of the molecule is Cc1[nH]c2nc(-c3ccccc3)nc(NC3CCCC3)c2c1C. The molecule has 0 unspecified atom stereocenters. The fourth-order valence-electron chi connectivity index (χ4n) is 3.45. The summed E-state index contributed by atoms with van der Waals surface area (Å²) in [5, 5.41) is 4.81. The first-order chi connectivity index (χ1) is 11.2. The van der Waals surface area contributed by atoms with Crippen LogP contribution >= 0.6 is 0 Å². The number of anilines is 1. The van der Waals surface area contributed by atoms with Crippen molar-refractivity contribution in [3.8, 4) is 11.4 Å². The summed E-state index contributed by atoms with van der Waals surface area (Å²) in [7, 11) is 0. The number of H-pyrrole nitrogens is 1. The summed E-state index contributed by atoms with van der Waals surface area (Å²) in [4.78, 5) is 13.0. The highest BCUT2D eigenvalue weighted by molar-refractivity contribution is 5.92. The van der Waals surface area contributed by atoms with Gasteiger partial charge in [0, 0.05) is 17.3 Å². The lowest BCUT2D eigenvalue weighted by Gasteiger charge is -2.15. The number of nitrogens with zero attached hydrogens (tertiary/aromatic N) is 2. The fourth-order valence-corrected chi connectivity index (χ4v) is 3.45. The van der Waals surface area contributed by atoms with E-state index in [4.69, 9.17) is 9.97 Å². The maximum absolute atomic E-state index is 4.87. The fraction of sp³-hybridized carbons (Fsp3) is 0.368. The molecule has 1 aromatic carbocycles. The topological polar surface area (TPSA) is 53.6 Å². The highest BCUT2D eigenvalue weighted by atomic mass is 15.1. The number of hydrogen-bond acceptors (Lipinski definition) is 3. The quantitative estimate of drug-likeness (QED) is 0.743. The molecular weight excluding hydrogens is 284 g/mol. The number of rotatable bonds is 3. The van der Waals surface area contributed by atoms with Crippen molar-refractivity contribution in [2.45, 2.75) is 45.6 Å². The normalized spacial score (nSPS) is 15.4. The standard InChI is InChI=1S/C19H22N4/c1-12-13(2)20-18-16(12)19(21-15-10-6-7-11-15)23-17(22-18)14-8-4-3-5-9-14/h3-5,8-9,15H,6-7,10-11H2,1-2H3,(H2,20,21,22,23). The summed E-state index contributed by atoms with van der Waals surface area (Å²) in [5.41, 5.74) is 4.37. The van der Waals surface area contributed by atoms with Gasteiger partial charge in [0.1, 0.15) is 11.5 Å². The Balaban J connectivity index is 1.86. The third-order valence-electron chi connectivity index (χ3n) is 4.88. The van der Waals surface area contributed by atoms with Gasteiger partial charge in [-0.3, -0.25) is 0 Å². The van der Waals surface area contributed by atoms with Gasteiger partial charge < -0.3 is 10.3 Å². The number of nitrogens with one attached hydrogen (secondary N) is 2. The molecule has 3 aromatic rings. The Kier molecular flexibility index (Phi) is 3.52. The minimum Gasteiger partial charge on any atom is -0.367 e. The van der Waals surface area contributed by atoms with Gasteiger partial charge in [0.2, 0.25) is 0 Å². The minimum atomic E-state index is 0.534. The number of fused-ring (bicyclic) bond motifs is 1. The molecule has 0 spiro atoms. The van der Waals surface area contributed by atoms with E-state index in [0.29, 0.717) is 6.04 Å². The van der Waals surface area contributed by atoms with Crippen molar-refractivity contribution in [2.75, 3.05) is 5.32 Å². The van der Waals surface area contributed by atoms with E-state index in [1.807, 2.05) is 18.2 Å². The zero-order valence-corrected chi connectivity index (χ0v) is 13.7. The predicted octanol–water partition coefficient (Wildman–Crippen LogP) is 4.60. The summed E-state index contributed by atoms with van der Waals surface area (Å²) in [6, 6.07) is 10.7. The number of hydrogen-bond donors (Lipinski definition) is 2. The molecule has 4 rings (SSSR count). The van der Waals surface area contributed by atoms with Gasteiger partial charge in [0.15, 0.2) is 5.82 Å². The molecule has 1 aliphatic carbocycles. The molecule has 2 heterocycles. The smallest absolute Gasteiger partial charge is 0.163 e. The lowest BCUT2D eigenvalue weighted by molar-refractivity contribution is 0.752. The summed E-state index contributed by atoms with van der Waals surface area (Å²) in [6.07, 6.45) is 5.08. The van der Waals surface area contributed by atoms with Gasteiger partial charge in [-0.25, -0.2) is 9.97 Å². The highest BCUT2D eigenvalue weighted by Gasteiger charge is 2.20. The van der Waals surface area contributed by atoms with Gasteiger partial charge in [-0.15, -0.1) is 0 Å². The van der Waals surface area contributed by atoms with Crippen LogP contribution in [-0.4, -0.2) is 21.0 Å². The molecule has 4 heteroatoms. The third-order valence-corrected chi connectivity index (χ3v) is 4.88. The Bertz CT molecular complexity index is 829. The molecule has 0 radical (unpaired) electrons. The highest BCUT2D eigenvalue weighted by Crippen LogP contribution is 2.31. The van der Waals surface area contributed by atoms with Gasteiger partial charge in [-0.2, -0.15) is 0 Å². The van der Waals surface area contributed by atoms with Crippen LogP contribution < -0.4 is 5.32 Å². The Morgan fingerprint density at radius 2 is 1.78 bits per heavy atom. The Morgan fingerprint density at radius 1 is 1.04 bits per heavy atom. The zero-order valence-electron chi connectivity index (χ0n) is 13.7. The molecule has 1 saturated carbocycles. The van der Waals surface area contributed by atoms with Crippen LogP contribution in [0.25, 0.3) is 22.4 Å². The summed E-state index contributed by atoms with van der Waals surface area (Å²) >= 11 is 0. The van der Waals surface area contributed by atoms with Crippen LogP contribution in [-0.2, 0) is 0 Å². The van der Waals surface area contributed by atoms with Crippen molar-refractivity contribution in [1.82, 2.24) is 15.0 Å². The van der Waals surface area contributed by atoms with Crippen LogP contribution in [0.15, 0.2) is 30.3 Å². The van der Waals surface area contributed by atoms with Crippen LogP contribution in [0.4, 0.5) is 5.82 Å². The van der Waals surface area contributed by atoms with Crippen LogP contribution in [0.2, 0.25) is 0 Å². The van der Waals surface area contributed by atoms with Crippen molar-refractivity contribution in [3.63, 3.8) is 0 Å². The van der Waals surface area contributed by atoms with Crippen LogP contribution in [0.1, 0.15) is 36.9 Å². The molecule has 1 aliphatic rings. The van der Waals surface area contributed by atoms with Crippen molar-refractivity contribution < 1.29 is 0 Å². The number of aromatic nitrogens is 3. The van der Waals surface area contributed by atoms with E-state index in [1.54, 1.807) is 0 Å². The van der Waals surface area contributed by atoms with Crippen molar-refractivity contribution in [2.24, 2.45) is 0 Å². The van der Waals surface area contributed by atoms with E-state index < -0.39 is 0 Å². The summed E-state index contributed by atoms with van der Waals surface area (Å²) in [5.74, 6) is 1.75. The maximum atomic E-state index is 4.87. The molecule has 2 N–H and O–H groups in total. The van der Waals surface area contributed by atoms with Crippen LogP contribution in [0.3, 0.4) is 0 Å². The third kappa shape index (κ3) is 2.58. The monoisotopic (exact) mass is 306 g/mol. The van der Waals surface area contributed by atoms with E-state index in [0.717, 1.165) is 33.9 Å². The largest absolute Gasteiger partial charge is 0.367 e. The van der Waals surface area contributed by atoms with Crippen molar-refractivity contribution in [1.29, 1.82) is 0 Å². The van der Waals surface area contributed by atoms with Crippen LogP contribution in [0, 0.1) is 13.8 Å². The summed E-state index contributed by atoms with van der Waals surface area (Å²) in [6.45, 7) is 4.23. The van der Waals surface area contributed by atoms with Gasteiger partial charge in [-0.05, 0) is 32.3 Å². The molecular formula is C19H22N4. The first kappa shape index (κ1) is 14.2. The number of benzene rings is 1. The van der Waals surface area contributed by atoms with E-state index in [2.05, 4.69) is 36.3 Å². The van der Waals surface area contributed by atoms with Crippen LogP contribution in [0.5, 0.6) is 0 Å². The molecule has 1 fully saturated rings. The Hall–Kier alpha value is -2.36. The van der Waals surface area contributed by atoms with E-state index in [1.165, 1.54) is 31.2 Å². The zero-order chi connectivity index (χ0) is 15.8. The molecule has 0 bridgehead atoms. The first-order valence-corrected chi connectivity index (χ1v) is 8.41. The summed E-state index contributed by atoms with van der Waals surface area (Å²) < 4.78 is 0. The van der Waals surface area contributed by atoms with E-state index >= 15 is 0 Å². The molecule has 4 nitrogen and oxygen atoms in total. The number of aryl methyl sites for hydroxylation is 2. The first-order valence-electron chi connectivity index (χ1n) is 8.41. The van der Waals surface area contributed by atoms with Crippen molar-refractivity contribution in [3.05, 3.63) is 41.6 Å². The van der Waals surface area contributed by atoms with E-state index in [-0.39, 0.29) is 0 Å². The molecule has 0 aliphatic heterocycles. The lowest BCUT2D eigenvalue weighted by Crippen LogP contribution is -2.16. The molecule has 2 aromatic heterocycles. The van der Waals surface area contributed by atoms with Gasteiger partial charge >= 0.3 is 0 Å². The molecule has 118 valence electrons. The molecule has 0 saturated heterocycles. The van der Waals surface area contributed by atoms with Gasteiger partial charge in [0.05, 0.1) is 5.39 Å². The molecule has 0 atom stereocenters. The lowest BCUT2D eigenvalue weighted by atomic mass is 10.1. The van der Waals surface area contributed by atoms with E-state index in [9.17, 15) is 0 Å². The minimum absolute atomic E-state index is 0.534. The molecule has 0 amide bonds. The molecule has 23 heavy (non-hydrogen) atoms. The van der Waals surface area contributed by atoms with Crippen molar-refractivity contribution >= 4 is 16.9 Å². The van der Waals surface area contributed by atoms with Gasteiger partial charge in [0.25, 0.3) is 0 Å². The predicted molar refractivity (Wildman–Crippen MR) is 94.7 cm³/mol.